The molecule has 1 aromatic heterocycles. The van der Waals surface area contributed by atoms with Crippen LogP contribution in [-0.4, -0.2) is 29.3 Å². The van der Waals surface area contributed by atoms with Gasteiger partial charge in [0.25, 0.3) is 5.69 Å². The fourth-order valence-electron chi connectivity index (χ4n) is 2.49. The fraction of sp³-hybridized carbons (Fsp3) is 0.0526. The molecule has 1 heterocycles. The maximum Gasteiger partial charge on any atom is 0.337 e. The first-order valence-corrected chi connectivity index (χ1v) is 8.51. The quantitative estimate of drug-likeness (QED) is 0.326. The largest absolute Gasteiger partial charge is 0.496 e. The van der Waals surface area contributed by atoms with Crippen LogP contribution in [0.25, 0.3) is 11.3 Å². The third-order valence-electron chi connectivity index (χ3n) is 3.87. The Morgan fingerprint density at radius 2 is 2.07 bits per heavy atom. The van der Waals surface area contributed by atoms with Gasteiger partial charge in [-0.1, -0.05) is 11.6 Å². The minimum Gasteiger partial charge on any atom is -0.496 e. The van der Waals surface area contributed by atoms with Crippen molar-refractivity contribution >= 4 is 35.2 Å². The first-order chi connectivity index (χ1) is 13.9. The molecule has 0 atom stereocenters. The van der Waals surface area contributed by atoms with E-state index in [0.29, 0.717) is 28.5 Å². The Labute approximate surface area is 169 Å². The summed E-state index contributed by atoms with van der Waals surface area (Å²) in [7, 11) is 1.41. The minimum absolute atomic E-state index is 0.0441. The van der Waals surface area contributed by atoms with Gasteiger partial charge in [-0.3, -0.25) is 15.5 Å². The Morgan fingerprint density at radius 1 is 1.28 bits per heavy atom. The molecular formula is C19H14ClN3O6. The van der Waals surface area contributed by atoms with Crippen molar-refractivity contribution in [3.8, 4) is 17.1 Å². The molecule has 29 heavy (non-hydrogen) atoms. The highest BCUT2D eigenvalue weighted by molar-refractivity contribution is 6.33. The molecule has 0 bridgehead atoms. The van der Waals surface area contributed by atoms with Crippen LogP contribution in [0.3, 0.4) is 0 Å². The zero-order valence-corrected chi connectivity index (χ0v) is 15.7. The summed E-state index contributed by atoms with van der Waals surface area (Å²) in [5.74, 6) is 0.00561. The molecule has 9 nitrogen and oxygen atoms in total. The smallest absolute Gasteiger partial charge is 0.337 e. The van der Waals surface area contributed by atoms with Crippen molar-refractivity contribution < 1.29 is 24.0 Å². The molecule has 3 rings (SSSR count). The van der Waals surface area contributed by atoms with Crippen molar-refractivity contribution in [1.82, 2.24) is 0 Å². The third kappa shape index (κ3) is 4.53. The van der Waals surface area contributed by atoms with E-state index in [2.05, 4.69) is 10.5 Å². The van der Waals surface area contributed by atoms with E-state index < -0.39 is 10.9 Å². The number of nitro groups is 1. The van der Waals surface area contributed by atoms with E-state index in [1.807, 2.05) is 0 Å². The lowest BCUT2D eigenvalue weighted by atomic mass is 10.1. The number of nitrogens with zero attached hydrogens (tertiary/aromatic N) is 2. The Balaban J connectivity index is 1.76. The normalized spacial score (nSPS) is 10.8. The standard InChI is InChI=1S/C19H14ClN3O6/c1-28-18-9-12(23(26)27)3-5-14(18)17-7-4-13(29-17)10-21-22-11-2-6-16(20)15(8-11)19(24)25/h2-10,22H,1H3,(H,24,25)/b21-10+. The predicted octanol–water partition coefficient (Wildman–Crippen LogP) is 4.66. The van der Waals surface area contributed by atoms with Gasteiger partial charge in [0.15, 0.2) is 0 Å². The maximum absolute atomic E-state index is 11.1. The Kier molecular flexibility index (Phi) is 5.79. The summed E-state index contributed by atoms with van der Waals surface area (Å²) in [5.41, 5.74) is 3.55. The molecule has 0 unspecified atom stereocenters. The number of methoxy groups -OCH3 is 1. The Morgan fingerprint density at radius 3 is 2.76 bits per heavy atom. The van der Waals surface area contributed by atoms with Gasteiger partial charge < -0.3 is 14.3 Å². The molecule has 2 N–H and O–H groups in total. The lowest BCUT2D eigenvalue weighted by Gasteiger charge is -2.05. The second kappa shape index (κ2) is 8.44. The van der Waals surface area contributed by atoms with E-state index in [9.17, 15) is 14.9 Å². The highest BCUT2D eigenvalue weighted by atomic mass is 35.5. The van der Waals surface area contributed by atoms with Crippen LogP contribution in [0, 0.1) is 10.1 Å². The first-order valence-electron chi connectivity index (χ1n) is 8.13. The van der Waals surface area contributed by atoms with Gasteiger partial charge in [0, 0.05) is 6.07 Å². The molecular weight excluding hydrogens is 402 g/mol. The number of furan rings is 1. The molecule has 3 aromatic rings. The van der Waals surface area contributed by atoms with Crippen molar-refractivity contribution in [3.05, 3.63) is 75.0 Å². The van der Waals surface area contributed by atoms with Gasteiger partial charge in [0.1, 0.15) is 17.3 Å². The number of rotatable bonds is 7. The van der Waals surface area contributed by atoms with Gasteiger partial charge in [-0.15, -0.1) is 0 Å². The first kappa shape index (κ1) is 19.9. The Bertz CT molecular complexity index is 1110. The second-order valence-electron chi connectivity index (χ2n) is 5.71. The molecule has 0 aliphatic heterocycles. The van der Waals surface area contributed by atoms with Crippen LogP contribution < -0.4 is 10.2 Å². The van der Waals surface area contributed by atoms with Crippen LogP contribution in [-0.2, 0) is 0 Å². The van der Waals surface area contributed by atoms with Crippen molar-refractivity contribution in [2.45, 2.75) is 0 Å². The monoisotopic (exact) mass is 415 g/mol. The van der Waals surface area contributed by atoms with Gasteiger partial charge in [0.05, 0.1) is 46.2 Å². The number of carboxylic acid groups (broad SMARTS) is 1. The SMILES string of the molecule is COc1cc([N+](=O)[O-])ccc1-c1ccc(/C=N/Nc2ccc(Cl)c(C(=O)O)c2)o1. The number of aromatic carboxylic acids is 1. The van der Waals surface area contributed by atoms with E-state index >= 15 is 0 Å². The summed E-state index contributed by atoms with van der Waals surface area (Å²) >= 11 is 5.82. The summed E-state index contributed by atoms with van der Waals surface area (Å²) in [5, 5.41) is 24.1. The number of halogens is 1. The number of nitro benzene ring substituents is 1. The summed E-state index contributed by atoms with van der Waals surface area (Å²) in [6.45, 7) is 0. The highest BCUT2D eigenvalue weighted by Gasteiger charge is 2.15. The van der Waals surface area contributed by atoms with Gasteiger partial charge in [-0.05, 0) is 36.4 Å². The third-order valence-corrected chi connectivity index (χ3v) is 4.20. The molecule has 0 radical (unpaired) electrons. The molecule has 2 aromatic carbocycles. The zero-order chi connectivity index (χ0) is 21.0. The van der Waals surface area contributed by atoms with Crippen molar-refractivity contribution in [2.75, 3.05) is 12.5 Å². The van der Waals surface area contributed by atoms with Gasteiger partial charge in [0.2, 0.25) is 0 Å². The topological polar surface area (TPSA) is 127 Å². The molecule has 10 heteroatoms. The van der Waals surface area contributed by atoms with E-state index in [1.165, 1.54) is 43.7 Å². The molecule has 148 valence electrons. The van der Waals surface area contributed by atoms with Gasteiger partial charge in [-0.25, -0.2) is 4.79 Å². The maximum atomic E-state index is 11.1. The van der Waals surface area contributed by atoms with Crippen molar-refractivity contribution in [1.29, 1.82) is 0 Å². The highest BCUT2D eigenvalue weighted by Crippen LogP contribution is 2.34. The number of hydrogen-bond acceptors (Lipinski definition) is 7. The van der Waals surface area contributed by atoms with Gasteiger partial charge >= 0.3 is 5.97 Å². The molecule has 0 saturated carbocycles. The number of carboxylic acids is 1. The lowest BCUT2D eigenvalue weighted by molar-refractivity contribution is -0.384. The van der Waals surface area contributed by atoms with Gasteiger partial charge in [-0.2, -0.15) is 5.10 Å². The van der Waals surface area contributed by atoms with Crippen LogP contribution in [0.4, 0.5) is 11.4 Å². The van der Waals surface area contributed by atoms with Crippen LogP contribution in [0.2, 0.25) is 5.02 Å². The molecule has 0 fully saturated rings. The van der Waals surface area contributed by atoms with Crippen LogP contribution >= 0.6 is 11.6 Å². The number of anilines is 1. The number of hydrazone groups is 1. The lowest BCUT2D eigenvalue weighted by Crippen LogP contribution is -1.99. The minimum atomic E-state index is -1.14. The van der Waals surface area contributed by atoms with Crippen LogP contribution in [0.5, 0.6) is 5.75 Å². The van der Waals surface area contributed by atoms with Crippen LogP contribution in [0.1, 0.15) is 16.1 Å². The predicted molar refractivity (Wildman–Crippen MR) is 107 cm³/mol. The number of nitrogens with one attached hydrogen (secondary N) is 1. The van der Waals surface area contributed by atoms with E-state index in [4.69, 9.17) is 25.9 Å². The number of ether oxygens (including phenoxy) is 1. The summed E-state index contributed by atoms with van der Waals surface area (Å²) in [6.07, 6.45) is 1.40. The average molecular weight is 416 g/mol. The molecule has 0 spiro atoms. The van der Waals surface area contributed by atoms with Crippen molar-refractivity contribution in [2.24, 2.45) is 5.10 Å². The van der Waals surface area contributed by atoms with Crippen molar-refractivity contribution in [3.63, 3.8) is 0 Å². The Hall–Kier alpha value is -3.85. The number of hydrogen-bond donors (Lipinski definition) is 2. The molecule has 0 saturated heterocycles. The molecule has 0 aliphatic rings. The van der Waals surface area contributed by atoms with E-state index in [0.717, 1.165) is 0 Å². The second-order valence-corrected chi connectivity index (χ2v) is 6.12. The zero-order valence-electron chi connectivity index (χ0n) is 15.0. The molecule has 0 amide bonds. The summed E-state index contributed by atoms with van der Waals surface area (Å²) in [6, 6.07) is 11.9. The number of carbonyl (C=O) groups is 1. The summed E-state index contributed by atoms with van der Waals surface area (Å²) in [4.78, 5) is 21.5. The summed E-state index contributed by atoms with van der Waals surface area (Å²) < 4.78 is 10.9. The van der Waals surface area contributed by atoms with E-state index in [1.54, 1.807) is 18.2 Å². The number of benzene rings is 2. The van der Waals surface area contributed by atoms with Crippen LogP contribution in [0.15, 0.2) is 58.0 Å². The van der Waals surface area contributed by atoms with E-state index in [-0.39, 0.29) is 16.3 Å². The fourth-order valence-corrected chi connectivity index (χ4v) is 2.69. The average Bonchev–Trinajstić information content (AvgIpc) is 3.17. The number of non-ortho nitro benzene ring substituents is 1. The molecule has 0 aliphatic carbocycles.